The van der Waals surface area contributed by atoms with E-state index < -0.39 is 25.7 Å². The standard InChI is InChI=1S/C21H17ClF2NO3PS/c22-14-3-5-19-15(11-14)16(12-30-19)20(29-27-8-1-9-28-29)21(26)25-7-6-13-2-4-17(23)18(24)10-13/h2-7,10-12,20H,1,8-9H2,(H,25,26). The fourth-order valence-electron chi connectivity index (χ4n) is 3.05. The Morgan fingerprint density at radius 3 is 2.73 bits per heavy atom. The van der Waals surface area contributed by atoms with E-state index in [0.717, 1.165) is 34.2 Å². The summed E-state index contributed by atoms with van der Waals surface area (Å²) >= 11 is 7.69. The van der Waals surface area contributed by atoms with Gasteiger partial charge in [0.25, 0.3) is 0 Å². The summed E-state index contributed by atoms with van der Waals surface area (Å²) in [5.74, 6) is -2.18. The average molecular weight is 468 g/mol. The van der Waals surface area contributed by atoms with Crippen molar-refractivity contribution in [2.45, 2.75) is 12.1 Å². The Morgan fingerprint density at radius 2 is 1.97 bits per heavy atom. The molecule has 1 saturated heterocycles. The fourth-order valence-corrected chi connectivity index (χ4v) is 5.99. The molecule has 1 aliphatic heterocycles. The maximum atomic E-state index is 13.4. The van der Waals surface area contributed by atoms with Gasteiger partial charge in [0.2, 0.25) is 5.91 Å². The van der Waals surface area contributed by atoms with E-state index in [2.05, 4.69) is 5.32 Å². The van der Waals surface area contributed by atoms with Gasteiger partial charge in [-0.2, -0.15) is 0 Å². The summed E-state index contributed by atoms with van der Waals surface area (Å²) in [6, 6.07) is 9.07. The van der Waals surface area contributed by atoms with E-state index in [9.17, 15) is 13.6 Å². The summed E-state index contributed by atoms with van der Waals surface area (Å²) in [4.78, 5) is 13.1. The Morgan fingerprint density at radius 1 is 1.17 bits per heavy atom. The quantitative estimate of drug-likeness (QED) is 0.441. The summed E-state index contributed by atoms with van der Waals surface area (Å²) in [6.45, 7) is 1.06. The van der Waals surface area contributed by atoms with E-state index >= 15 is 0 Å². The molecule has 1 N–H and O–H groups in total. The summed E-state index contributed by atoms with van der Waals surface area (Å²) in [5.41, 5.74) is 0.570. The predicted molar refractivity (Wildman–Crippen MR) is 117 cm³/mol. The van der Waals surface area contributed by atoms with Crippen LogP contribution in [0.1, 0.15) is 23.2 Å². The van der Waals surface area contributed by atoms with Crippen LogP contribution < -0.4 is 5.32 Å². The molecule has 1 amide bonds. The van der Waals surface area contributed by atoms with E-state index in [1.54, 1.807) is 0 Å². The van der Waals surface area contributed by atoms with Crippen LogP contribution in [-0.2, 0) is 13.8 Å². The summed E-state index contributed by atoms with van der Waals surface area (Å²) in [7, 11) is -1.48. The minimum atomic E-state index is -1.48. The second-order valence-corrected chi connectivity index (χ2v) is 9.51. The van der Waals surface area contributed by atoms with Crippen molar-refractivity contribution in [3.05, 3.63) is 75.8 Å². The molecule has 1 atom stereocenters. The van der Waals surface area contributed by atoms with Crippen molar-refractivity contribution in [3.63, 3.8) is 0 Å². The van der Waals surface area contributed by atoms with E-state index in [0.29, 0.717) is 23.8 Å². The molecule has 9 heteroatoms. The van der Waals surface area contributed by atoms with Crippen LogP contribution in [0.5, 0.6) is 0 Å². The Bertz CT molecular complexity index is 1100. The molecule has 0 saturated carbocycles. The zero-order valence-corrected chi connectivity index (χ0v) is 18.1. The van der Waals surface area contributed by atoms with Gasteiger partial charge >= 0.3 is 0 Å². The highest BCUT2D eigenvalue weighted by atomic mass is 35.5. The first-order chi connectivity index (χ1) is 14.5. The summed E-state index contributed by atoms with van der Waals surface area (Å²) in [5, 5.41) is 6.11. The van der Waals surface area contributed by atoms with Gasteiger partial charge in [-0.15, -0.1) is 11.3 Å². The average Bonchev–Trinajstić information content (AvgIpc) is 3.14. The molecule has 4 nitrogen and oxygen atoms in total. The lowest BCUT2D eigenvalue weighted by atomic mass is 10.1. The van der Waals surface area contributed by atoms with E-state index in [1.807, 2.05) is 23.6 Å². The normalized spacial score (nSPS) is 16.2. The molecule has 1 aliphatic rings. The third-order valence-electron chi connectivity index (χ3n) is 4.49. The summed E-state index contributed by atoms with van der Waals surface area (Å²) in [6.07, 6.45) is 3.68. The minimum Gasteiger partial charge on any atom is -0.333 e. The van der Waals surface area contributed by atoms with Crippen LogP contribution in [0.4, 0.5) is 8.78 Å². The lowest BCUT2D eigenvalue weighted by molar-refractivity contribution is -0.120. The molecule has 156 valence electrons. The van der Waals surface area contributed by atoms with Gasteiger partial charge in [-0.3, -0.25) is 4.79 Å². The summed E-state index contributed by atoms with van der Waals surface area (Å²) < 4.78 is 39.0. The number of fused-ring (bicyclic) bond motifs is 1. The number of carbonyl (C=O) groups excluding carboxylic acids is 1. The number of benzene rings is 2. The maximum absolute atomic E-state index is 13.4. The SMILES string of the molecule is O=C(NC=Cc1ccc(F)c(F)c1)C(c1csc2ccc(Cl)cc12)P1OCCCO1. The van der Waals surface area contributed by atoms with E-state index in [1.165, 1.54) is 29.7 Å². The van der Waals surface area contributed by atoms with Crippen LogP contribution in [0.25, 0.3) is 16.2 Å². The van der Waals surface area contributed by atoms with Crippen LogP contribution in [0.15, 0.2) is 48.0 Å². The molecular formula is C21H17ClF2NO3PS. The number of nitrogens with one attached hydrogen (secondary N) is 1. The molecule has 0 spiro atoms. The molecule has 2 aromatic carbocycles. The molecule has 0 radical (unpaired) electrons. The molecule has 0 bridgehead atoms. The van der Waals surface area contributed by atoms with Gasteiger partial charge in [0.05, 0.1) is 13.2 Å². The Kier molecular flexibility index (Phi) is 6.76. The van der Waals surface area contributed by atoms with Crippen molar-refractivity contribution in [1.82, 2.24) is 5.32 Å². The van der Waals surface area contributed by atoms with Crippen molar-refractivity contribution >= 4 is 53.4 Å². The smallest absolute Gasteiger partial charge is 0.240 e. The molecule has 1 fully saturated rings. The highest BCUT2D eigenvalue weighted by molar-refractivity contribution is 7.49. The second kappa shape index (κ2) is 9.50. The highest BCUT2D eigenvalue weighted by Crippen LogP contribution is 2.56. The third kappa shape index (κ3) is 4.71. The number of halogens is 3. The van der Waals surface area contributed by atoms with Gasteiger partial charge in [0, 0.05) is 15.9 Å². The van der Waals surface area contributed by atoms with Crippen LogP contribution >= 0.6 is 31.3 Å². The molecule has 3 aromatic rings. The number of amides is 1. The van der Waals surface area contributed by atoms with Gasteiger partial charge in [-0.25, -0.2) is 8.78 Å². The van der Waals surface area contributed by atoms with Crippen LogP contribution in [0, 0.1) is 11.6 Å². The first kappa shape index (κ1) is 21.3. The Labute approximate surface area is 182 Å². The molecule has 4 rings (SSSR count). The van der Waals surface area contributed by atoms with Crippen molar-refractivity contribution in [2.75, 3.05) is 13.2 Å². The molecule has 1 aromatic heterocycles. The predicted octanol–water partition coefficient (Wildman–Crippen LogP) is 6.41. The first-order valence-electron chi connectivity index (χ1n) is 9.16. The van der Waals surface area contributed by atoms with Crippen LogP contribution in [0.3, 0.4) is 0 Å². The number of rotatable bonds is 5. The van der Waals surface area contributed by atoms with Crippen molar-refractivity contribution in [1.29, 1.82) is 0 Å². The number of hydrogen-bond acceptors (Lipinski definition) is 4. The van der Waals surface area contributed by atoms with Gasteiger partial charge in [0.1, 0.15) is 5.66 Å². The molecule has 1 unspecified atom stereocenters. The van der Waals surface area contributed by atoms with Crippen molar-refractivity contribution in [3.8, 4) is 0 Å². The molecule has 30 heavy (non-hydrogen) atoms. The van der Waals surface area contributed by atoms with Gasteiger partial charge < -0.3 is 14.4 Å². The Balaban J connectivity index is 1.60. The zero-order chi connectivity index (χ0) is 21.1. The molecule has 2 heterocycles. The minimum absolute atomic E-state index is 0.304. The zero-order valence-electron chi connectivity index (χ0n) is 15.6. The fraction of sp³-hybridized carbons (Fsp3) is 0.190. The second-order valence-electron chi connectivity index (χ2n) is 6.55. The highest BCUT2D eigenvalue weighted by Gasteiger charge is 2.35. The molecular weight excluding hydrogens is 451 g/mol. The van der Waals surface area contributed by atoms with Gasteiger partial charge in [-0.1, -0.05) is 17.7 Å². The van der Waals surface area contributed by atoms with Gasteiger partial charge in [-0.05, 0) is 64.7 Å². The number of thiophene rings is 1. The van der Waals surface area contributed by atoms with Gasteiger partial charge in [0.15, 0.2) is 20.0 Å². The van der Waals surface area contributed by atoms with Crippen molar-refractivity contribution in [2.24, 2.45) is 0 Å². The molecule has 0 aliphatic carbocycles. The lowest BCUT2D eigenvalue weighted by Crippen LogP contribution is -2.26. The first-order valence-corrected chi connectivity index (χ1v) is 11.7. The van der Waals surface area contributed by atoms with E-state index in [-0.39, 0.29) is 5.91 Å². The van der Waals surface area contributed by atoms with E-state index in [4.69, 9.17) is 20.6 Å². The van der Waals surface area contributed by atoms with Crippen molar-refractivity contribution < 1.29 is 22.6 Å². The number of carbonyl (C=O) groups is 1. The monoisotopic (exact) mass is 467 g/mol. The van der Waals surface area contributed by atoms with Crippen LogP contribution in [-0.4, -0.2) is 19.1 Å². The largest absolute Gasteiger partial charge is 0.333 e. The maximum Gasteiger partial charge on any atom is 0.240 e. The third-order valence-corrected chi connectivity index (χ3v) is 7.52. The Hall–Kier alpha value is -1.89. The topological polar surface area (TPSA) is 47.6 Å². The van der Waals surface area contributed by atoms with Crippen LogP contribution in [0.2, 0.25) is 5.02 Å². The number of hydrogen-bond donors (Lipinski definition) is 1. The lowest BCUT2D eigenvalue weighted by Gasteiger charge is -2.28.